The van der Waals surface area contributed by atoms with Gasteiger partial charge in [0, 0.05) is 51.8 Å². The SMILES string of the molecule is CCCCCCOc1ccc(N2C(=O)C[C@@H](N3CCN(CCN=CC4C(=O)CC(C)(C)CC4=O)CC3)C2=O)cc1. The summed E-state index contributed by atoms with van der Waals surface area (Å²) < 4.78 is 5.79. The van der Waals surface area contributed by atoms with Crippen molar-refractivity contribution in [3.63, 3.8) is 0 Å². The zero-order chi connectivity index (χ0) is 28.7. The molecule has 0 aromatic heterocycles. The van der Waals surface area contributed by atoms with Crippen LogP contribution in [-0.4, -0.2) is 91.3 Å². The van der Waals surface area contributed by atoms with E-state index in [0.717, 1.165) is 38.2 Å². The van der Waals surface area contributed by atoms with Gasteiger partial charge >= 0.3 is 0 Å². The standard InChI is InChI=1S/C31H44N4O5/c1-4-5-6-7-18-40-24-10-8-23(9-11-24)35-29(38)19-26(30(35)39)34-16-14-33(15-17-34)13-12-32-22-25-27(36)20-31(2,3)21-28(25)37/h8-11,22,25-26H,4-7,12-21H2,1-3H3/t26-/m1/s1. The highest BCUT2D eigenvalue weighted by Gasteiger charge is 2.43. The summed E-state index contributed by atoms with van der Waals surface area (Å²) in [4.78, 5) is 60.8. The Hall–Kier alpha value is -2.91. The van der Waals surface area contributed by atoms with Crippen LogP contribution in [0.4, 0.5) is 5.69 Å². The fourth-order valence-electron chi connectivity index (χ4n) is 5.83. The van der Waals surface area contributed by atoms with Gasteiger partial charge < -0.3 is 4.74 Å². The van der Waals surface area contributed by atoms with Gasteiger partial charge in [-0.1, -0.05) is 40.0 Å². The molecule has 1 saturated carbocycles. The maximum Gasteiger partial charge on any atom is 0.251 e. The van der Waals surface area contributed by atoms with E-state index in [2.05, 4.69) is 21.7 Å². The summed E-state index contributed by atoms with van der Waals surface area (Å²) in [5.74, 6) is -0.359. The summed E-state index contributed by atoms with van der Waals surface area (Å²) in [6, 6.07) is 6.78. The minimum Gasteiger partial charge on any atom is -0.494 e. The van der Waals surface area contributed by atoms with Crippen LogP contribution >= 0.6 is 0 Å². The van der Waals surface area contributed by atoms with E-state index in [1.807, 2.05) is 26.0 Å². The lowest BCUT2D eigenvalue weighted by molar-refractivity contribution is -0.136. The second-order valence-corrected chi connectivity index (χ2v) is 12.1. The molecule has 9 heteroatoms. The van der Waals surface area contributed by atoms with Gasteiger partial charge in [0.25, 0.3) is 5.91 Å². The number of carbonyl (C=O) groups excluding carboxylic acids is 4. The maximum absolute atomic E-state index is 13.3. The van der Waals surface area contributed by atoms with E-state index >= 15 is 0 Å². The average Bonchev–Trinajstić information content (AvgIpc) is 3.21. The van der Waals surface area contributed by atoms with E-state index in [1.54, 1.807) is 18.3 Å². The first-order chi connectivity index (χ1) is 19.2. The van der Waals surface area contributed by atoms with Crippen LogP contribution < -0.4 is 9.64 Å². The van der Waals surface area contributed by atoms with Crippen LogP contribution in [0.3, 0.4) is 0 Å². The fraction of sp³-hybridized carbons (Fsp3) is 0.645. The Morgan fingerprint density at radius 1 is 0.950 bits per heavy atom. The Labute approximate surface area is 237 Å². The lowest BCUT2D eigenvalue weighted by Gasteiger charge is -2.36. The Balaban J connectivity index is 1.21. The van der Waals surface area contributed by atoms with Gasteiger partial charge in [0.2, 0.25) is 5.91 Å². The monoisotopic (exact) mass is 552 g/mol. The zero-order valence-electron chi connectivity index (χ0n) is 24.3. The fourth-order valence-corrected chi connectivity index (χ4v) is 5.83. The molecule has 2 amide bonds. The molecule has 4 rings (SSSR count). The molecule has 1 atom stereocenters. The van der Waals surface area contributed by atoms with Gasteiger partial charge in [-0.15, -0.1) is 0 Å². The third-order valence-corrected chi connectivity index (χ3v) is 8.13. The summed E-state index contributed by atoms with van der Waals surface area (Å²) in [6.07, 6.45) is 7.12. The first kappa shape index (κ1) is 30.1. The summed E-state index contributed by atoms with van der Waals surface area (Å²) in [7, 11) is 0. The number of imide groups is 1. The number of hydrogen-bond donors (Lipinski definition) is 0. The summed E-state index contributed by atoms with van der Waals surface area (Å²) in [6.45, 7) is 10.9. The number of aliphatic imine (C=N–C) groups is 1. The highest BCUT2D eigenvalue weighted by molar-refractivity contribution is 6.22. The van der Waals surface area contributed by atoms with Gasteiger partial charge in [0.15, 0.2) is 0 Å². The van der Waals surface area contributed by atoms with E-state index < -0.39 is 12.0 Å². The number of ketones is 2. The molecule has 1 aliphatic carbocycles. The largest absolute Gasteiger partial charge is 0.494 e. The van der Waals surface area contributed by atoms with Crippen molar-refractivity contribution in [3.05, 3.63) is 24.3 Å². The minimum absolute atomic E-state index is 0.0366. The van der Waals surface area contributed by atoms with E-state index in [9.17, 15) is 19.2 Å². The van der Waals surface area contributed by atoms with Crippen LogP contribution in [-0.2, 0) is 19.2 Å². The third kappa shape index (κ3) is 7.63. The number of amides is 2. The molecule has 2 saturated heterocycles. The highest BCUT2D eigenvalue weighted by atomic mass is 16.5. The molecule has 0 spiro atoms. The van der Waals surface area contributed by atoms with Crippen LogP contribution in [0.15, 0.2) is 29.3 Å². The van der Waals surface area contributed by atoms with Crippen LogP contribution in [0.25, 0.3) is 0 Å². The Bertz CT molecular complexity index is 1070. The van der Waals surface area contributed by atoms with Crippen molar-refractivity contribution < 1.29 is 23.9 Å². The number of rotatable bonds is 12. The molecule has 218 valence electrons. The molecular formula is C31H44N4O5. The van der Waals surface area contributed by atoms with Crippen molar-refractivity contribution >= 4 is 35.3 Å². The zero-order valence-corrected chi connectivity index (χ0v) is 24.3. The lowest BCUT2D eigenvalue weighted by atomic mass is 9.72. The predicted octanol–water partition coefficient (Wildman–Crippen LogP) is 3.54. The Kier molecular flexibility index (Phi) is 10.2. The first-order valence-electron chi connectivity index (χ1n) is 14.8. The number of piperazine rings is 1. The van der Waals surface area contributed by atoms with E-state index in [0.29, 0.717) is 44.8 Å². The molecule has 2 heterocycles. The smallest absolute Gasteiger partial charge is 0.251 e. The molecule has 0 bridgehead atoms. The molecule has 2 aliphatic heterocycles. The lowest BCUT2D eigenvalue weighted by Crippen LogP contribution is -2.52. The van der Waals surface area contributed by atoms with E-state index in [4.69, 9.17) is 4.74 Å². The van der Waals surface area contributed by atoms with Gasteiger partial charge in [-0.25, -0.2) is 4.90 Å². The number of anilines is 1. The summed E-state index contributed by atoms with van der Waals surface area (Å²) in [5, 5.41) is 0. The van der Waals surface area contributed by atoms with E-state index in [1.165, 1.54) is 17.7 Å². The molecule has 1 aromatic rings. The topological polar surface area (TPSA) is 99.6 Å². The number of benzene rings is 1. The number of nitrogens with zero attached hydrogens (tertiary/aromatic N) is 4. The maximum atomic E-state index is 13.3. The quantitative estimate of drug-likeness (QED) is 0.169. The highest BCUT2D eigenvalue weighted by Crippen LogP contribution is 2.33. The van der Waals surface area contributed by atoms with Gasteiger partial charge in [-0.2, -0.15) is 0 Å². The van der Waals surface area contributed by atoms with Crippen molar-refractivity contribution in [2.24, 2.45) is 16.3 Å². The third-order valence-electron chi connectivity index (χ3n) is 8.13. The molecule has 0 N–H and O–H groups in total. The number of Topliss-reactive ketones (excluding diaryl/α,β-unsaturated/α-hetero) is 2. The van der Waals surface area contributed by atoms with Crippen LogP contribution in [0.1, 0.15) is 65.7 Å². The second-order valence-electron chi connectivity index (χ2n) is 12.1. The van der Waals surface area contributed by atoms with E-state index in [-0.39, 0.29) is 35.2 Å². The van der Waals surface area contributed by atoms with Gasteiger partial charge in [-0.3, -0.25) is 34.0 Å². The van der Waals surface area contributed by atoms with Crippen molar-refractivity contribution in [2.75, 3.05) is 50.8 Å². The first-order valence-corrected chi connectivity index (χ1v) is 14.8. The molecule has 0 radical (unpaired) electrons. The minimum atomic E-state index is -0.696. The molecule has 3 aliphatic rings. The Morgan fingerprint density at radius 3 is 2.27 bits per heavy atom. The Morgan fingerprint density at radius 2 is 1.62 bits per heavy atom. The molecule has 9 nitrogen and oxygen atoms in total. The van der Waals surface area contributed by atoms with Crippen molar-refractivity contribution in [1.82, 2.24) is 9.80 Å². The van der Waals surface area contributed by atoms with Crippen LogP contribution in [0.5, 0.6) is 5.75 Å². The summed E-state index contributed by atoms with van der Waals surface area (Å²) >= 11 is 0. The number of unbranched alkanes of at least 4 members (excludes halogenated alkanes) is 3. The molecular weight excluding hydrogens is 508 g/mol. The number of ether oxygens (including phenoxy) is 1. The summed E-state index contributed by atoms with van der Waals surface area (Å²) in [5.41, 5.74) is 0.332. The van der Waals surface area contributed by atoms with Crippen molar-refractivity contribution in [1.29, 1.82) is 0 Å². The van der Waals surface area contributed by atoms with Crippen LogP contribution in [0.2, 0.25) is 0 Å². The molecule has 40 heavy (non-hydrogen) atoms. The van der Waals surface area contributed by atoms with Crippen molar-refractivity contribution in [2.45, 2.75) is 71.8 Å². The average molecular weight is 553 g/mol. The van der Waals surface area contributed by atoms with Gasteiger partial charge in [0.1, 0.15) is 23.2 Å². The normalized spacial score (nSPS) is 23.1. The molecule has 0 unspecified atom stereocenters. The number of hydrogen-bond acceptors (Lipinski definition) is 8. The van der Waals surface area contributed by atoms with Gasteiger partial charge in [0.05, 0.1) is 31.3 Å². The molecule has 1 aromatic carbocycles. The van der Waals surface area contributed by atoms with Crippen molar-refractivity contribution in [3.8, 4) is 5.75 Å². The second kappa shape index (κ2) is 13.6. The van der Waals surface area contributed by atoms with Gasteiger partial charge in [-0.05, 0) is 36.1 Å². The molecule has 3 fully saturated rings. The predicted molar refractivity (Wildman–Crippen MR) is 155 cm³/mol. The number of carbonyl (C=O) groups is 4. The van der Waals surface area contributed by atoms with Crippen LogP contribution in [0, 0.1) is 11.3 Å².